The Morgan fingerprint density at radius 3 is 2.47 bits per heavy atom. The Morgan fingerprint density at radius 1 is 1.00 bits per heavy atom. The van der Waals surface area contributed by atoms with Crippen LogP contribution in [0.2, 0.25) is 0 Å². The van der Waals surface area contributed by atoms with E-state index in [9.17, 15) is 14.4 Å². The molecule has 162 valence electrons. The highest BCUT2D eigenvalue weighted by atomic mass is 79.9. The molecule has 0 bridgehead atoms. The van der Waals surface area contributed by atoms with Gasteiger partial charge < -0.3 is 10.1 Å². The van der Waals surface area contributed by atoms with Gasteiger partial charge in [0.2, 0.25) is 0 Å². The maximum Gasteiger partial charge on any atom is 0.343 e. The second kappa shape index (κ2) is 11.0. The van der Waals surface area contributed by atoms with Crippen LogP contribution in [0, 0.1) is 6.92 Å². The number of aryl methyl sites for hydroxylation is 1. The molecule has 7 nitrogen and oxygen atoms in total. The number of benzene rings is 3. The molecule has 2 amide bonds. The summed E-state index contributed by atoms with van der Waals surface area (Å²) in [5.41, 5.74) is 4.55. The van der Waals surface area contributed by atoms with E-state index < -0.39 is 11.9 Å². The summed E-state index contributed by atoms with van der Waals surface area (Å²) in [5.74, 6) is -1.07. The summed E-state index contributed by atoms with van der Waals surface area (Å²) in [6.45, 7) is 1.58. The van der Waals surface area contributed by atoms with Crippen LogP contribution in [0.3, 0.4) is 0 Å². The number of amides is 2. The number of carbonyl (C=O) groups is 3. The Labute approximate surface area is 193 Å². The van der Waals surface area contributed by atoms with Crippen LogP contribution in [-0.2, 0) is 4.79 Å². The predicted molar refractivity (Wildman–Crippen MR) is 125 cm³/mol. The van der Waals surface area contributed by atoms with Gasteiger partial charge in [0.25, 0.3) is 11.8 Å². The van der Waals surface area contributed by atoms with Crippen molar-refractivity contribution in [3.63, 3.8) is 0 Å². The molecule has 0 saturated carbocycles. The monoisotopic (exact) mass is 493 g/mol. The molecule has 8 heteroatoms. The molecular weight excluding hydrogens is 474 g/mol. The summed E-state index contributed by atoms with van der Waals surface area (Å²) in [4.78, 5) is 36.6. The second-order valence-electron chi connectivity index (χ2n) is 6.73. The Kier molecular flexibility index (Phi) is 7.88. The number of halogens is 1. The van der Waals surface area contributed by atoms with E-state index in [1.807, 2.05) is 19.1 Å². The largest absolute Gasteiger partial charge is 0.422 e. The molecule has 0 fully saturated rings. The van der Waals surface area contributed by atoms with Crippen molar-refractivity contribution in [3.8, 4) is 5.75 Å². The third-order valence-electron chi connectivity index (χ3n) is 4.38. The number of nitrogens with one attached hydrogen (secondary N) is 2. The lowest BCUT2D eigenvalue weighted by molar-refractivity contribution is -0.120. The van der Waals surface area contributed by atoms with Crippen molar-refractivity contribution in [3.05, 3.63) is 99.5 Å². The minimum absolute atomic E-state index is 0.237. The molecule has 0 heterocycles. The number of rotatable bonds is 7. The maximum atomic E-state index is 12.3. The van der Waals surface area contributed by atoms with Crippen LogP contribution in [0.15, 0.2) is 82.4 Å². The number of ether oxygens (including phenoxy) is 1. The van der Waals surface area contributed by atoms with Gasteiger partial charge in [-0.2, -0.15) is 5.10 Å². The van der Waals surface area contributed by atoms with E-state index in [0.29, 0.717) is 16.7 Å². The second-order valence-corrected chi connectivity index (χ2v) is 7.64. The van der Waals surface area contributed by atoms with Gasteiger partial charge in [0, 0.05) is 15.6 Å². The highest BCUT2D eigenvalue weighted by molar-refractivity contribution is 9.10. The Bertz CT molecular complexity index is 1160. The van der Waals surface area contributed by atoms with Crippen molar-refractivity contribution in [2.45, 2.75) is 6.92 Å². The summed E-state index contributed by atoms with van der Waals surface area (Å²) in [7, 11) is 0. The molecule has 0 aromatic heterocycles. The molecule has 0 aliphatic rings. The fraction of sp³-hybridized carbons (Fsp3) is 0.0833. The number of hydrazone groups is 1. The van der Waals surface area contributed by atoms with Crippen LogP contribution in [0.25, 0.3) is 0 Å². The van der Waals surface area contributed by atoms with Gasteiger partial charge in [0.1, 0.15) is 5.75 Å². The zero-order valence-corrected chi connectivity index (χ0v) is 18.8. The molecule has 0 atom stereocenters. The topological polar surface area (TPSA) is 96.9 Å². The minimum Gasteiger partial charge on any atom is -0.422 e. The smallest absolute Gasteiger partial charge is 0.343 e. The molecule has 3 rings (SSSR count). The summed E-state index contributed by atoms with van der Waals surface area (Å²) < 4.78 is 6.21. The van der Waals surface area contributed by atoms with Crippen molar-refractivity contribution in [2.24, 2.45) is 5.10 Å². The molecule has 0 radical (unpaired) electrons. The minimum atomic E-state index is -0.509. The van der Waals surface area contributed by atoms with E-state index in [0.717, 1.165) is 10.0 Å². The van der Waals surface area contributed by atoms with Crippen LogP contribution in [0.4, 0.5) is 0 Å². The van der Waals surface area contributed by atoms with Crippen LogP contribution in [0.5, 0.6) is 5.75 Å². The van der Waals surface area contributed by atoms with E-state index >= 15 is 0 Å². The lowest BCUT2D eigenvalue weighted by Crippen LogP contribution is -2.35. The van der Waals surface area contributed by atoms with E-state index in [1.54, 1.807) is 60.7 Å². The first kappa shape index (κ1) is 22.9. The summed E-state index contributed by atoms with van der Waals surface area (Å²) in [5, 5.41) is 6.45. The van der Waals surface area contributed by atoms with E-state index in [-0.39, 0.29) is 18.2 Å². The summed E-state index contributed by atoms with van der Waals surface area (Å²) in [6.07, 6.45) is 1.36. The van der Waals surface area contributed by atoms with E-state index in [1.165, 1.54) is 6.21 Å². The van der Waals surface area contributed by atoms with Gasteiger partial charge in [-0.1, -0.05) is 52.3 Å². The standard InChI is InChI=1S/C24H20BrN3O4/c1-16-7-5-6-10-20(16)23(30)26-15-22(29)28-27-14-18-13-19(25)11-12-21(18)32-24(31)17-8-3-2-4-9-17/h2-14H,15H2,1H3,(H,26,30)(H,28,29)/b27-14+. The molecular formula is C24H20BrN3O4. The SMILES string of the molecule is Cc1ccccc1C(=O)NCC(=O)N/N=C/c1cc(Br)ccc1OC(=O)c1ccccc1. The van der Waals surface area contributed by atoms with Crippen molar-refractivity contribution in [2.75, 3.05) is 6.54 Å². The van der Waals surface area contributed by atoms with E-state index in [4.69, 9.17) is 4.74 Å². The molecule has 0 aliphatic carbocycles. The van der Waals surface area contributed by atoms with Crippen molar-refractivity contribution < 1.29 is 19.1 Å². The Hall–Kier alpha value is -3.78. The average Bonchev–Trinajstić information content (AvgIpc) is 2.80. The lowest BCUT2D eigenvalue weighted by atomic mass is 10.1. The van der Waals surface area contributed by atoms with Gasteiger partial charge in [-0.3, -0.25) is 9.59 Å². The van der Waals surface area contributed by atoms with Gasteiger partial charge >= 0.3 is 5.97 Å². The average molecular weight is 494 g/mol. The van der Waals surface area contributed by atoms with Crippen molar-refractivity contribution in [1.82, 2.24) is 10.7 Å². The fourth-order valence-electron chi connectivity index (χ4n) is 2.74. The first-order valence-electron chi connectivity index (χ1n) is 9.66. The molecule has 3 aromatic carbocycles. The summed E-state index contributed by atoms with van der Waals surface area (Å²) in [6, 6.07) is 20.7. The third-order valence-corrected chi connectivity index (χ3v) is 4.87. The van der Waals surface area contributed by atoms with Crippen LogP contribution in [0.1, 0.15) is 31.8 Å². The first-order valence-corrected chi connectivity index (χ1v) is 10.5. The van der Waals surface area contributed by atoms with Crippen LogP contribution >= 0.6 is 15.9 Å². The maximum absolute atomic E-state index is 12.3. The highest BCUT2D eigenvalue weighted by Crippen LogP contribution is 2.23. The van der Waals surface area contributed by atoms with Gasteiger partial charge in [-0.25, -0.2) is 10.2 Å². The molecule has 32 heavy (non-hydrogen) atoms. The Morgan fingerprint density at radius 2 is 1.72 bits per heavy atom. The number of hydrogen-bond acceptors (Lipinski definition) is 5. The van der Waals surface area contributed by atoms with Crippen LogP contribution in [-0.4, -0.2) is 30.5 Å². The quantitative estimate of drug-likeness (QED) is 0.226. The lowest BCUT2D eigenvalue weighted by Gasteiger charge is -2.08. The zero-order chi connectivity index (χ0) is 22.9. The third kappa shape index (κ3) is 6.36. The van der Waals surface area contributed by atoms with Gasteiger partial charge in [-0.05, 0) is 48.9 Å². The fourth-order valence-corrected chi connectivity index (χ4v) is 3.12. The number of hydrogen-bond donors (Lipinski definition) is 2. The molecule has 0 spiro atoms. The molecule has 0 aliphatic heterocycles. The number of esters is 1. The zero-order valence-electron chi connectivity index (χ0n) is 17.2. The first-order chi connectivity index (χ1) is 15.4. The Balaban J connectivity index is 1.59. The van der Waals surface area contributed by atoms with Crippen LogP contribution < -0.4 is 15.5 Å². The molecule has 0 saturated heterocycles. The number of carbonyl (C=O) groups excluding carboxylic acids is 3. The van der Waals surface area contributed by atoms with Crippen molar-refractivity contribution >= 4 is 39.9 Å². The van der Waals surface area contributed by atoms with Gasteiger partial charge in [0.15, 0.2) is 0 Å². The van der Waals surface area contributed by atoms with Gasteiger partial charge in [-0.15, -0.1) is 0 Å². The molecule has 0 unspecified atom stereocenters. The number of nitrogens with zero attached hydrogens (tertiary/aromatic N) is 1. The van der Waals surface area contributed by atoms with Gasteiger partial charge in [0.05, 0.1) is 18.3 Å². The summed E-state index contributed by atoms with van der Waals surface area (Å²) >= 11 is 3.36. The van der Waals surface area contributed by atoms with E-state index in [2.05, 4.69) is 31.8 Å². The predicted octanol–water partition coefficient (Wildman–Crippen LogP) is 3.86. The molecule has 3 aromatic rings. The highest BCUT2D eigenvalue weighted by Gasteiger charge is 2.12. The molecule has 2 N–H and O–H groups in total. The normalized spacial score (nSPS) is 10.6. The van der Waals surface area contributed by atoms with Crippen molar-refractivity contribution in [1.29, 1.82) is 0 Å².